The minimum atomic E-state index is -1.69. The van der Waals surface area contributed by atoms with Gasteiger partial charge in [0.2, 0.25) is 0 Å². The molecule has 1 amide bonds. The number of rotatable bonds is 3. The Bertz CT molecular complexity index is 878. The van der Waals surface area contributed by atoms with Crippen molar-refractivity contribution in [3.63, 3.8) is 0 Å². The molecule has 6 nitrogen and oxygen atoms in total. The van der Waals surface area contributed by atoms with Gasteiger partial charge < -0.3 is 10.8 Å². The summed E-state index contributed by atoms with van der Waals surface area (Å²) < 4.78 is 28.2. The van der Waals surface area contributed by atoms with Crippen LogP contribution in [-0.4, -0.2) is 26.2 Å². The van der Waals surface area contributed by atoms with E-state index in [0.717, 1.165) is 12.1 Å². The summed E-state index contributed by atoms with van der Waals surface area (Å²) in [6.45, 7) is 0. The van der Waals surface area contributed by atoms with E-state index in [1.165, 1.54) is 6.20 Å². The maximum atomic E-state index is 14.3. The maximum Gasteiger partial charge on any atom is 0.251 e. The zero-order chi connectivity index (χ0) is 15.9. The van der Waals surface area contributed by atoms with Gasteiger partial charge in [0.05, 0.1) is 16.8 Å². The molecule has 0 aliphatic carbocycles. The predicted octanol–water partition coefficient (Wildman–Crippen LogP) is 1.42. The van der Waals surface area contributed by atoms with Crippen LogP contribution in [0, 0.1) is 11.6 Å². The van der Waals surface area contributed by atoms with E-state index in [1.54, 1.807) is 12.1 Å². The van der Waals surface area contributed by atoms with Crippen molar-refractivity contribution >= 4 is 16.9 Å². The molecule has 0 bridgehead atoms. The first-order valence-corrected chi connectivity index (χ1v) is 6.25. The molecule has 1 aromatic carbocycles. The molecule has 4 N–H and O–H groups in total. The molecule has 0 saturated carbocycles. The van der Waals surface area contributed by atoms with Crippen molar-refractivity contribution in [1.82, 2.24) is 15.2 Å². The van der Waals surface area contributed by atoms with Gasteiger partial charge in [-0.15, -0.1) is 0 Å². The molecular formula is C14H10F2N4O2. The van der Waals surface area contributed by atoms with Crippen molar-refractivity contribution in [2.45, 2.75) is 6.10 Å². The Hall–Kier alpha value is -2.87. The molecular weight excluding hydrogens is 294 g/mol. The zero-order valence-electron chi connectivity index (χ0n) is 11.0. The van der Waals surface area contributed by atoms with Gasteiger partial charge >= 0.3 is 0 Å². The fourth-order valence-corrected chi connectivity index (χ4v) is 2.23. The lowest BCUT2D eigenvalue weighted by atomic mass is 10.00. The molecule has 0 radical (unpaired) electrons. The fraction of sp³-hybridized carbons (Fsp3) is 0.0714. The lowest BCUT2D eigenvalue weighted by Gasteiger charge is -2.13. The van der Waals surface area contributed by atoms with E-state index in [9.17, 15) is 18.7 Å². The lowest BCUT2D eigenvalue weighted by molar-refractivity contribution is 0.0995. The summed E-state index contributed by atoms with van der Waals surface area (Å²) in [5, 5.41) is 17.1. The lowest BCUT2D eigenvalue weighted by Crippen LogP contribution is -2.17. The molecule has 22 heavy (non-hydrogen) atoms. The number of aliphatic hydroxyl groups excluding tert-OH is 1. The Labute approximate surface area is 122 Å². The van der Waals surface area contributed by atoms with Crippen LogP contribution in [0.2, 0.25) is 0 Å². The monoisotopic (exact) mass is 304 g/mol. The first-order valence-electron chi connectivity index (χ1n) is 6.25. The van der Waals surface area contributed by atoms with Crippen LogP contribution in [-0.2, 0) is 0 Å². The summed E-state index contributed by atoms with van der Waals surface area (Å²) in [7, 11) is 0. The van der Waals surface area contributed by atoms with Gasteiger partial charge in [-0.3, -0.25) is 9.89 Å². The van der Waals surface area contributed by atoms with Crippen molar-refractivity contribution in [3.05, 3.63) is 58.9 Å². The van der Waals surface area contributed by atoms with Gasteiger partial charge in [-0.05, 0) is 24.3 Å². The molecule has 3 rings (SSSR count). The number of H-pyrrole nitrogens is 1. The van der Waals surface area contributed by atoms with E-state index in [-0.39, 0.29) is 5.69 Å². The van der Waals surface area contributed by atoms with Crippen LogP contribution in [0.15, 0.2) is 30.5 Å². The predicted molar refractivity (Wildman–Crippen MR) is 72.8 cm³/mol. The van der Waals surface area contributed by atoms with Gasteiger partial charge in [-0.25, -0.2) is 13.8 Å². The number of aromatic amines is 1. The summed E-state index contributed by atoms with van der Waals surface area (Å²) >= 11 is 0. The Morgan fingerprint density at radius 2 is 2.09 bits per heavy atom. The van der Waals surface area contributed by atoms with Crippen LogP contribution in [0.1, 0.15) is 27.7 Å². The number of pyridine rings is 1. The molecule has 2 heterocycles. The van der Waals surface area contributed by atoms with Crippen LogP contribution < -0.4 is 5.73 Å². The van der Waals surface area contributed by atoms with Gasteiger partial charge in [0.25, 0.3) is 5.91 Å². The highest BCUT2D eigenvalue weighted by Gasteiger charge is 2.26. The average molecular weight is 304 g/mol. The molecule has 1 atom stereocenters. The van der Waals surface area contributed by atoms with Gasteiger partial charge in [-0.2, -0.15) is 5.10 Å². The number of fused-ring (bicyclic) bond motifs is 1. The highest BCUT2D eigenvalue weighted by atomic mass is 19.1. The van der Waals surface area contributed by atoms with E-state index in [4.69, 9.17) is 5.73 Å². The van der Waals surface area contributed by atoms with E-state index >= 15 is 0 Å². The third kappa shape index (κ3) is 2.09. The van der Waals surface area contributed by atoms with Gasteiger partial charge in [-0.1, -0.05) is 0 Å². The maximum absolute atomic E-state index is 14.3. The first-order chi connectivity index (χ1) is 10.5. The third-order valence-electron chi connectivity index (χ3n) is 3.30. The third-order valence-corrected chi connectivity index (χ3v) is 3.30. The van der Waals surface area contributed by atoms with Crippen LogP contribution in [0.4, 0.5) is 8.78 Å². The van der Waals surface area contributed by atoms with Gasteiger partial charge in [0, 0.05) is 11.6 Å². The largest absolute Gasteiger partial charge is 0.382 e. The number of hydrogen-bond donors (Lipinski definition) is 3. The molecule has 0 aliphatic heterocycles. The smallest absolute Gasteiger partial charge is 0.251 e. The Kier molecular flexibility index (Phi) is 3.30. The molecule has 3 aromatic rings. The number of hydrogen-bond acceptors (Lipinski definition) is 4. The van der Waals surface area contributed by atoms with Crippen molar-refractivity contribution in [2.24, 2.45) is 5.73 Å². The Balaban J connectivity index is 2.19. The summed E-state index contributed by atoms with van der Waals surface area (Å²) in [5.74, 6) is -3.25. The Morgan fingerprint density at radius 3 is 2.82 bits per heavy atom. The zero-order valence-corrected chi connectivity index (χ0v) is 11.0. The topological polar surface area (TPSA) is 105 Å². The van der Waals surface area contributed by atoms with E-state index in [0.29, 0.717) is 11.0 Å². The molecule has 112 valence electrons. The highest BCUT2D eigenvalue weighted by Crippen LogP contribution is 2.30. The van der Waals surface area contributed by atoms with Crippen molar-refractivity contribution in [2.75, 3.05) is 0 Å². The molecule has 0 saturated heterocycles. The van der Waals surface area contributed by atoms with Crippen LogP contribution in [0.25, 0.3) is 11.0 Å². The quantitative estimate of drug-likeness (QED) is 0.680. The number of nitrogens with two attached hydrogens (primary N) is 1. The number of amides is 1. The second-order valence-corrected chi connectivity index (χ2v) is 4.60. The van der Waals surface area contributed by atoms with E-state index in [1.807, 2.05) is 0 Å². The van der Waals surface area contributed by atoms with Crippen molar-refractivity contribution in [1.29, 1.82) is 0 Å². The first kappa shape index (κ1) is 14.1. The number of halogens is 2. The molecule has 0 fully saturated rings. The van der Waals surface area contributed by atoms with Gasteiger partial charge in [0.1, 0.15) is 17.7 Å². The summed E-state index contributed by atoms with van der Waals surface area (Å²) in [5.41, 5.74) is 4.22. The Morgan fingerprint density at radius 1 is 1.32 bits per heavy atom. The number of primary amides is 1. The summed E-state index contributed by atoms with van der Waals surface area (Å²) in [4.78, 5) is 15.1. The summed E-state index contributed by atoms with van der Waals surface area (Å²) in [6.07, 6.45) is -0.192. The highest BCUT2D eigenvalue weighted by molar-refractivity contribution is 5.93. The molecule has 8 heteroatoms. The summed E-state index contributed by atoms with van der Waals surface area (Å²) in [6, 6.07) is 4.99. The number of aliphatic hydroxyl groups is 1. The molecule has 1 unspecified atom stereocenters. The molecule has 0 aliphatic rings. The molecule has 2 aromatic heterocycles. The SMILES string of the molecule is NC(=O)c1ccc(F)c(C(O)c2[nH]nc3ncccc23)c1F. The number of carbonyl (C=O) groups excluding carboxylic acids is 1. The number of carbonyl (C=O) groups is 1. The van der Waals surface area contributed by atoms with Crippen LogP contribution in [0.3, 0.4) is 0 Å². The minimum absolute atomic E-state index is 0.0718. The van der Waals surface area contributed by atoms with E-state index in [2.05, 4.69) is 15.2 Å². The van der Waals surface area contributed by atoms with Gasteiger partial charge in [0.15, 0.2) is 5.65 Å². The fourth-order valence-electron chi connectivity index (χ4n) is 2.23. The second kappa shape index (κ2) is 5.15. The minimum Gasteiger partial charge on any atom is -0.382 e. The number of nitrogens with zero attached hydrogens (tertiary/aromatic N) is 2. The van der Waals surface area contributed by atoms with Crippen molar-refractivity contribution < 1.29 is 18.7 Å². The number of benzene rings is 1. The molecule has 0 spiro atoms. The van der Waals surface area contributed by atoms with Crippen LogP contribution >= 0.6 is 0 Å². The number of nitrogens with one attached hydrogen (secondary N) is 1. The standard InChI is InChI=1S/C14H10F2N4O2/c15-8-4-3-6(13(17)22)10(16)9(8)12(21)11-7-2-1-5-18-14(7)20-19-11/h1-5,12,21H,(H2,17,22)(H,18,19,20). The van der Waals surface area contributed by atoms with E-state index < -0.39 is 34.8 Å². The number of aromatic nitrogens is 3. The average Bonchev–Trinajstić information content (AvgIpc) is 2.90. The normalized spacial score (nSPS) is 12.5. The van der Waals surface area contributed by atoms with Crippen molar-refractivity contribution in [3.8, 4) is 0 Å². The van der Waals surface area contributed by atoms with Crippen LogP contribution in [0.5, 0.6) is 0 Å². The second-order valence-electron chi connectivity index (χ2n) is 4.60.